The van der Waals surface area contributed by atoms with E-state index < -0.39 is 9.84 Å². The zero-order chi connectivity index (χ0) is 14.0. The van der Waals surface area contributed by atoms with Crippen LogP contribution in [0.15, 0.2) is 16.7 Å². The maximum Gasteiger partial charge on any atom is 0.224 e. The predicted octanol–water partition coefficient (Wildman–Crippen LogP) is 1.92. The van der Waals surface area contributed by atoms with Gasteiger partial charge in [0.2, 0.25) is 5.91 Å². The fraction of sp³-hybridized carbons (Fsp3) is 0.500. The van der Waals surface area contributed by atoms with Crippen LogP contribution in [0.4, 0.5) is 5.69 Å². The number of anilines is 1. The second kappa shape index (κ2) is 5.58. The lowest BCUT2D eigenvalue weighted by Crippen LogP contribution is -2.18. The van der Waals surface area contributed by atoms with Crippen molar-refractivity contribution in [3.63, 3.8) is 0 Å². The van der Waals surface area contributed by atoms with E-state index in [0.717, 1.165) is 5.69 Å². The summed E-state index contributed by atoms with van der Waals surface area (Å²) in [6.07, 6.45) is 0.821. The highest BCUT2D eigenvalue weighted by Crippen LogP contribution is 2.23. The zero-order valence-corrected chi connectivity index (χ0v) is 12.9. The Bertz CT molecular complexity index is 601. The molecule has 0 spiro atoms. The lowest BCUT2D eigenvalue weighted by Gasteiger charge is -2.10. The molecular weight excluding hydrogens is 332 g/mol. The number of rotatable bonds is 3. The highest BCUT2D eigenvalue weighted by Gasteiger charge is 2.29. The number of carbonyl (C=O) groups excluding carboxylic acids is 1. The summed E-state index contributed by atoms with van der Waals surface area (Å²) >= 11 is 3.26. The number of nitrogens with zero attached hydrogens (tertiary/aromatic N) is 1. The molecule has 0 aliphatic carbocycles. The van der Waals surface area contributed by atoms with Crippen molar-refractivity contribution >= 4 is 37.4 Å². The monoisotopic (exact) mass is 346 g/mol. The number of pyridine rings is 1. The van der Waals surface area contributed by atoms with Gasteiger partial charge in [0, 0.05) is 6.42 Å². The summed E-state index contributed by atoms with van der Waals surface area (Å²) in [5, 5.41) is 2.77. The van der Waals surface area contributed by atoms with Crippen LogP contribution in [0.25, 0.3) is 0 Å². The Morgan fingerprint density at radius 2 is 2.26 bits per heavy atom. The Hall–Kier alpha value is -0.950. The van der Waals surface area contributed by atoms with E-state index >= 15 is 0 Å². The smallest absolute Gasteiger partial charge is 0.224 e. The normalized spacial score (nSPS) is 21.3. The van der Waals surface area contributed by atoms with Crippen molar-refractivity contribution in [3.05, 3.63) is 22.4 Å². The van der Waals surface area contributed by atoms with Crippen molar-refractivity contribution in [1.82, 2.24) is 4.98 Å². The second-order valence-electron chi connectivity index (χ2n) is 4.79. The average Bonchev–Trinajstić information content (AvgIpc) is 2.62. The van der Waals surface area contributed by atoms with Gasteiger partial charge in [0.1, 0.15) is 4.60 Å². The minimum atomic E-state index is -2.93. The van der Waals surface area contributed by atoms with Crippen LogP contribution in [0.2, 0.25) is 0 Å². The maximum absolute atomic E-state index is 11.9. The Balaban J connectivity index is 1.95. The molecule has 1 unspecified atom stereocenters. The number of hydrogen-bond acceptors (Lipinski definition) is 4. The molecule has 1 amide bonds. The summed E-state index contributed by atoms with van der Waals surface area (Å²) in [5.41, 5.74) is 1.39. The van der Waals surface area contributed by atoms with Crippen LogP contribution in [0.3, 0.4) is 0 Å². The maximum atomic E-state index is 11.9. The van der Waals surface area contributed by atoms with E-state index in [1.54, 1.807) is 19.1 Å². The summed E-state index contributed by atoms with van der Waals surface area (Å²) in [7, 11) is -2.93. The summed E-state index contributed by atoms with van der Waals surface area (Å²) in [6.45, 7) is 1.81. The lowest BCUT2D eigenvalue weighted by atomic mass is 10.1. The molecular formula is C12H15BrN2O3S. The van der Waals surface area contributed by atoms with E-state index in [0.29, 0.717) is 16.7 Å². The molecule has 104 valence electrons. The number of amides is 1. The first-order valence-electron chi connectivity index (χ1n) is 5.99. The molecule has 1 aliphatic heterocycles. The van der Waals surface area contributed by atoms with Gasteiger partial charge in [-0.3, -0.25) is 4.79 Å². The molecule has 1 saturated heterocycles. The Kier molecular flexibility index (Phi) is 4.25. The highest BCUT2D eigenvalue weighted by atomic mass is 79.9. The van der Waals surface area contributed by atoms with Crippen molar-refractivity contribution in [2.45, 2.75) is 19.8 Å². The van der Waals surface area contributed by atoms with Crippen LogP contribution in [0.5, 0.6) is 0 Å². The molecule has 1 aromatic heterocycles. The van der Waals surface area contributed by atoms with Gasteiger partial charge in [0.25, 0.3) is 0 Å². The van der Waals surface area contributed by atoms with Gasteiger partial charge in [-0.25, -0.2) is 13.4 Å². The molecule has 1 N–H and O–H groups in total. The van der Waals surface area contributed by atoms with Crippen molar-refractivity contribution in [2.75, 3.05) is 16.8 Å². The first-order chi connectivity index (χ1) is 8.85. The van der Waals surface area contributed by atoms with Gasteiger partial charge in [-0.15, -0.1) is 0 Å². The van der Waals surface area contributed by atoms with Crippen LogP contribution in [0.1, 0.15) is 18.5 Å². The van der Waals surface area contributed by atoms with E-state index in [2.05, 4.69) is 26.2 Å². The number of hydrogen-bond donors (Lipinski definition) is 1. The SMILES string of the molecule is Cc1nc(Br)ccc1NC(=O)CC1CCS(=O)(=O)C1. The van der Waals surface area contributed by atoms with Gasteiger partial charge in [-0.2, -0.15) is 0 Å². The molecule has 0 radical (unpaired) electrons. The number of sulfone groups is 1. The average molecular weight is 347 g/mol. The molecule has 0 saturated carbocycles. The second-order valence-corrected chi connectivity index (χ2v) is 7.83. The van der Waals surface area contributed by atoms with Gasteiger partial charge >= 0.3 is 0 Å². The van der Waals surface area contributed by atoms with Crippen molar-refractivity contribution in [2.24, 2.45) is 5.92 Å². The Labute approximate surface area is 120 Å². The van der Waals surface area contributed by atoms with E-state index in [1.807, 2.05) is 0 Å². The van der Waals surface area contributed by atoms with Crippen molar-refractivity contribution in [1.29, 1.82) is 0 Å². The van der Waals surface area contributed by atoms with Gasteiger partial charge in [0.15, 0.2) is 9.84 Å². The Morgan fingerprint density at radius 1 is 1.53 bits per heavy atom. The third-order valence-electron chi connectivity index (χ3n) is 3.13. The van der Waals surface area contributed by atoms with E-state index in [-0.39, 0.29) is 29.8 Å². The molecule has 19 heavy (non-hydrogen) atoms. The minimum absolute atomic E-state index is 0.0614. The van der Waals surface area contributed by atoms with Crippen molar-refractivity contribution in [3.8, 4) is 0 Å². The minimum Gasteiger partial charge on any atom is -0.324 e. The zero-order valence-electron chi connectivity index (χ0n) is 10.5. The summed E-state index contributed by atoms with van der Waals surface area (Å²) in [5.74, 6) is 0.102. The predicted molar refractivity (Wildman–Crippen MR) is 76.7 cm³/mol. The number of halogens is 1. The van der Waals surface area contributed by atoms with Crippen molar-refractivity contribution < 1.29 is 13.2 Å². The standard InChI is InChI=1S/C12H15BrN2O3S/c1-8-10(2-3-11(13)14-8)15-12(16)6-9-4-5-19(17,18)7-9/h2-3,9H,4-7H2,1H3,(H,15,16). The van der Waals surface area contributed by atoms with Crippen LogP contribution in [-0.2, 0) is 14.6 Å². The van der Waals surface area contributed by atoms with Crippen LogP contribution in [0, 0.1) is 12.8 Å². The third-order valence-corrected chi connectivity index (χ3v) is 5.41. The molecule has 2 rings (SSSR count). The van der Waals surface area contributed by atoms with Crippen LogP contribution >= 0.6 is 15.9 Å². The lowest BCUT2D eigenvalue weighted by molar-refractivity contribution is -0.116. The molecule has 1 atom stereocenters. The summed E-state index contributed by atoms with van der Waals surface area (Å²) in [6, 6.07) is 3.53. The van der Waals surface area contributed by atoms with Gasteiger partial charge in [-0.1, -0.05) is 0 Å². The van der Waals surface area contributed by atoms with Gasteiger partial charge in [0.05, 0.1) is 22.9 Å². The van der Waals surface area contributed by atoms with Gasteiger partial charge in [-0.05, 0) is 47.3 Å². The highest BCUT2D eigenvalue weighted by molar-refractivity contribution is 9.10. The summed E-state index contributed by atoms with van der Waals surface area (Å²) < 4.78 is 23.4. The third kappa shape index (κ3) is 4.01. The topological polar surface area (TPSA) is 76.1 Å². The molecule has 1 aliphatic rings. The van der Waals surface area contributed by atoms with Crippen LogP contribution in [-0.4, -0.2) is 30.8 Å². The molecule has 7 heteroatoms. The Morgan fingerprint density at radius 3 is 2.84 bits per heavy atom. The van der Waals surface area contributed by atoms with Crippen LogP contribution < -0.4 is 5.32 Å². The number of nitrogens with one attached hydrogen (secondary N) is 1. The molecule has 0 aromatic carbocycles. The summed E-state index contributed by atoms with van der Waals surface area (Å²) in [4.78, 5) is 16.1. The quantitative estimate of drug-likeness (QED) is 0.848. The fourth-order valence-electron chi connectivity index (χ4n) is 2.16. The van der Waals surface area contributed by atoms with E-state index in [4.69, 9.17) is 0 Å². The first-order valence-corrected chi connectivity index (χ1v) is 8.60. The first kappa shape index (κ1) is 14.5. The number of aromatic nitrogens is 1. The number of carbonyl (C=O) groups is 1. The molecule has 5 nitrogen and oxygen atoms in total. The molecule has 2 heterocycles. The van der Waals surface area contributed by atoms with E-state index in [1.165, 1.54) is 0 Å². The largest absolute Gasteiger partial charge is 0.324 e. The molecule has 1 fully saturated rings. The fourth-order valence-corrected chi connectivity index (χ4v) is 4.42. The number of aryl methyl sites for hydroxylation is 1. The molecule has 0 bridgehead atoms. The van der Waals surface area contributed by atoms with Gasteiger partial charge < -0.3 is 5.32 Å². The van der Waals surface area contributed by atoms with E-state index in [9.17, 15) is 13.2 Å². The molecule has 1 aromatic rings.